The van der Waals surface area contributed by atoms with Gasteiger partial charge in [-0.25, -0.2) is 0 Å². The molecule has 1 unspecified atom stereocenters. The third-order valence-corrected chi connectivity index (χ3v) is 5.18. The summed E-state index contributed by atoms with van der Waals surface area (Å²) in [6.07, 6.45) is 1.03. The van der Waals surface area contributed by atoms with Crippen LogP contribution in [0.25, 0.3) is 0 Å². The lowest BCUT2D eigenvalue weighted by molar-refractivity contribution is 0.0517. The van der Waals surface area contributed by atoms with Gasteiger partial charge < -0.3 is 14.4 Å². The number of hydrogen-bond donors (Lipinski definition) is 0. The molecular weight excluding hydrogens is 340 g/mol. The van der Waals surface area contributed by atoms with Crippen molar-refractivity contribution in [2.24, 2.45) is 0 Å². The monoisotopic (exact) mass is 368 g/mol. The highest BCUT2D eigenvalue weighted by Crippen LogP contribution is 2.24. The summed E-state index contributed by atoms with van der Waals surface area (Å²) in [5.74, 6) is 1.29. The molecule has 5 nitrogen and oxygen atoms in total. The number of methoxy groups -OCH3 is 2. The normalized spacial score (nSPS) is 17.6. The number of amides is 1. The lowest BCUT2D eigenvalue weighted by atomic mass is 10.1. The molecule has 5 heteroatoms. The van der Waals surface area contributed by atoms with Gasteiger partial charge in [0, 0.05) is 43.9 Å². The molecule has 2 aromatic carbocycles. The maximum Gasteiger partial charge on any atom is 0.254 e. The van der Waals surface area contributed by atoms with Crippen molar-refractivity contribution in [2.75, 3.05) is 40.4 Å². The van der Waals surface area contributed by atoms with Crippen molar-refractivity contribution >= 4 is 5.91 Å². The van der Waals surface area contributed by atoms with Crippen molar-refractivity contribution in [3.8, 4) is 11.5 Å². The highest BCUT2D eigenvalue weighted by Gasteiger charge is 2.27. The van der Waals surface area contributed by atoms with Crippen LogP contribution in [0.2, 0.25) is 0 Å². The molecule has 0 aliphatic carbocycles. The van der Waals surface area contributed by atoms with E-state index in [0.717, 1.165) is 32.6 Å². The van der Waals surface area contributed by atoms with Gasteiger partial charge in [0.2, 0.25) is 0 Å². The molecule has 27 heavy (non-hydrogen) atoms. The van der Waals surface area contributed by atoms with E-state index in [1.807, 2.05) is 11.0 Å². The fourth-order valence-corrected chi connectivity index (χ4v) is 3.54. The molecule has 1 saturated heterocycles. The molecule has 0 bridgehead atoms. The molecule has 0 saturated carbocycles. The second kappa shape index (κ2) is 8.91. The van der Waals surface area contributed by atoms with E-state index in [2.05, 4.69) is 36.1 Å². The molecule has 0 aromatic heterocycles. The summed E-state index contributed by atoms with van der Waals surface area (Å²) in [5, 5.41) is 0. The minimum absolute atomic E-state index is 0.0294. The van der Waals surface area contributed by atoms with Gasteiger partial charge in [-0.2, -0.15) is 0 Å². The Bertz CT molecular complexity index is 741. The molecule has 2 aromatic rings. The van der Waals surface area contributed by atoms with E-state index >= 15 is 0 Å². The van der Waals surface area contributed by atoms with Crippen molar-refractivity contribution in [1.29, 1.82) is 0 Å². The van der Waals surface area contributed by atoms with Crippen LogP contribution in [-0.4, -0.2) is 62.1 Å². The summed E-state index contributed by atoms with van der Waals surface area (Å²) in [6, 6.07) is 16.2. The Labute approximate surface area is 161 Å². The second-order valence-electron chi connectivity index (χ2n) is 6.97. The average molecular weight is 368 g/mol. The molecule has 3 rings (SSSR count). The van der Waals surface area contributed by atoms with Crippen LogP contribution in [0.3, 0.4) is 0 Å². The first-order chi connectivity index (χ1) is 13.1. The van der Waals surface area contributed by atoms with Gasteiger partial charge in [-0.15, -0.1) is 0 Å². The minimum Gasteiger partial charge on any atom is -0.497 e. The molecule has 0 N–H and O–H groups in total. The average Bonchev–Trinajstić information content (AvgIpc) is 2.72. The molecular formula is C22H28N2O3. The second-order valence-corrected chi connectivity index (χ2v) is 6.97. The van der Waals surface area contributed by atoms with Crippen molar-refractivity contribution in [1.82, 2.24) is 9.80 Å². The number of benzene rings is 2. The molecule has 1 heterocycles. The SMILES string of the molecule is COc1cc(OC)cc(C(=O)N2CCN(CCc3ccccc3)C(C)C2)c1. The zero-order valence-corrected chi connectivity index (χ0v) is 16.4. The van der Waals surface area contributed by atoms with E-state index in [1.54, 1.807) is 32.4 Å². The molecule has 0 spiro atoms. The van der Waals surface area contributed by atoms with Gasteiger partial charge in [0.05, 0.1) is 14.2 Å². The quantitative estimate of drug-likeness (QED) is 0.786. The number of ether oxygens (including phenoxy) is 2. The summed E-state index contributed by atoms with van der Waals surface area (Å²) in [5.41, 5.74) is 1.96. The molecule has 0 radical (unpaired) electrons. The smallest absolute Gasteiger partial charge is 0.254 e. The van der Waals surface area contributed by atoms with Gasteiger partial charge in [0.1, 0.15) is 11.5 Å². The van der Waals surface area contributed by atoms with E-state index < -0.39 is 0 Å². The van der Waals surface area contributed by atoms with E-state index in [4.69, 9.17) is 9.47 Å². The highest BCUT2D eigenvalue weighted by molar-refractivity contribution is 5.95. The molecule has 1 atom stereocenters. The fourth-order valence-electron chi connectivity index (χ4n) is 3.54. The number of carbonyl (C=O) groups is 1. The van der Waals surface area contributed by atoms with E-state index in [9.17, 15) is 4.79 Å². The first-order valence-electron chi connectivity index (χ1n) is 9.41. The van der Waals surface area contributed by atoms with Crippen molar-refractivity contribution < 1.29 is 14.3 Å². The van der Waals surface area contributed by atoms with Crippen LogP contribution in [0.4, 0.5) is 0 Å². The minimum atomic E-state index is 0.0294. The largest absolute Gasteiger partial charge is 0.497 e. The standard InChI is InChI=1S/C22H28N2O3/c1-17-16-24(12-11-23(17)10-9-18-7-5-4-6-8-18)22(25)19-13-20(26-2)15-21(14-19)27-3/h4-8,13-15,17H,9-12,16H2,1-3H3. The Kier molecular flexibility index (Phi) is 6.35. The van der Waals surface area contributed by atoms with E-state index in [0.29, 0.717) is 23.1 Å². The first-order valence-corrected chi connectivity index (χ1v) is 9.41. The highest BCUT2D eigenvalue weighted by atomic mass is 16.5. The van der Waals surface area contributed by atoms with Crippen LogP contribution in [0.5, 0.6) is 11.5 Å². The number of rotatable bonds is 6. The zero-order valence-electron chi connectivity index (χ0n) is 16.4. The van der Waals surface area contributed by atoms with Crippen LogP contribution >= 0.6 is 0 Å². The van der Waals surface area contributed by atoms with Gasteiger partial charge in [-0.1, -0.05) is 30.3 Å². The van der Waals surface area contributed by atoms with Crippen molar-refractivity contribution in [3.05, 3.63) is 59.7 Å². The van der Waals surface area contributed by atoms with Crippen LogP contribution in [0.15, 0.2) is 48.5 Å². The molecule has 144 valence electrons. The molecule has 1 amide bonds. The third kappa shape index (κ3) is 4.80. The maximum absolute atomic E-state index is 13.0. The summed E-state index contributed by atoms with van der Waals surface area (Å²) in [4.78, 5) is 17.4. The predicted octanol–water partition coefficient (Wildman–Crippen LogP) is 3.09. The Hall–Kier alpha value is -2.53. The van der Waals surface area contributed by atoms with E-state index in [-0.39, 0.29) is 5.91 Å². The van der Waals surface area contributed by atoms with Gasteiger partial charge in [-0.3, -0.25) is 9.69 Å². The molecule has 1 aliphatic heterocycles. The zero-order chi connectivity index (χ0) is 19.2. The van der Waals surface area contributed by atoms with Crippen molar-refractivity contribution in [2.45, 2.75) is 19.4 Å². The topological polar surface area (TPSA) is 42.0 Å². The Balaban J connectivity index is 1.61. The first kappa shape index (κ1) is 19.2. The number of nitrogens with zero attached hydrogens (tertiary/aromatic N) is 2. The Morgan fingerprint density at radius 2 is 1.70 bits per heavy atom. The number of piperazine rings is 1. The van der Waals surface area contributed by atoms with E-state index in [1.165, 1.54) is 5.56 Å². The third-order valence-electron chi connectivity index (χ3n) is 5.18. The molecule has 1 aliphatic rings. The van der Waals surface area contributed by atoms with Gasteiger partial charge in [0.25, 0.3) is 5.91 Å². The summed E-state index contributed by atoms with van der Waals surface area (Å²) in [6.45, 7) is 5.56. The predicted molar refractivity (Wildman–Crippen MR) is 107 cm³/mol. The van der Waals surface area contributed by atoms with Crippen molar-refractivity contribution in [3.63, 3.8) is 0 Å². The Morgan fingerprint density at radius 1 is 1.04 bits per heavy atom. The van der Waals surface area contributed by atoms with Gasteiger partial charge >= 0.3 is 0 Å². The van der Waals surface area contributed by atoms with Gasteiger partial charge in [0.15, 0.2) is 0 Å². The number of carbonyl (C=O) groups excluding carboxylic acids is 1. The van der Waals surface area contributed by atoms with Gasteiger partial charge in [-0.05, 0) is 31.0 Å². The molecule has 1 fully saturated rings. The Morgan fingerprint density at radius 3 is 2.30 bits per heavy atom. The fraction of sp³-hybridized carbons (Fsp3) is 0.409. The summed E-state index contributed by atoms with van der Waals surface area (Å²) < 4.78 is 10.6. The number of hydrogen-bond acceptors (Lipinski definition) is 4. The van der Waals surface area contributed by atoms with Crippen LogP contribution in [0, 0.1) is 0 Å². The van der Waals surface area contributed by atoms with Crippen LogP contribution in [-0.2, 0) is 6.42 Å². The lowest BCUT2D eigenvalue weighted by Crippen LogP contribution is -2.54. The summed E-state index contributed by atoms with van der Waals surface area (Å²) >= 11 is 0. The van der Waals surface area contributed by atoms with Crippen LogP contribution in [0.1, 0.15) is 22.8 Å². The summed E-state index contributed by atoms with van der Waals surface area (Å²) in [7, 11) is 3.19. The maximum atomic E-state index is 13.0. The lowest BCUT2D eigenvalue weighted by Gasteiger charge is -2.40. The van der Waals surface area contributed by atoms with Crippen LogP contribution < -0.4 is 9.47 Å².